The van der Waals surface area contributed by atoms with Gasteiger partial charge < -0.3 is 5.11 Å². The van der Waals surface area contributed by atoms with E-state index in [0.717, 1.165) is 0 Å². The number of hydrogen-bond donors (Lipinski definition) is 1. The Balaban J connectivity index is 1.98. The number of carboxylic acid groups (broad SMARTS) is 1. The van der Waals surface area contributed by atoms with E-state index in [4.69, 9.17) is 5.11 Å². The fourth-order valence-electron chi connectivity index (χ4n) is 1.61. The molecule has 0 atom stereocenters. The lowest BCUT2D eigenvalue weighted by Gasteiger charge is -2.25. The summed E-state index contributed by atoms with van der Waals surface area (Å²) in [6.45, 7) is 0.465. The molecule has 0 radical (unpaired) electrons. The third-order valence-corrected chi connectivity index (χ3v) is 4.26. The maximum atomic E-state index is 10.9. The molecule has 0 spiro atoms. The molecule has 0 amide bonds. The van der Waals surface area contributed by atoms with Crippen molar-refractivity contribution in [1.82, 2.24) is 9.78 Å². The van der Waals surface area contributed by atoms with Gasteiger partial charge in [0.05, 0.1) is 23.3 Å². The molecule has 1 N–H and O–H groups in total. The van der Waals surface area contributed by atoms with Crippen LogP contribution in [-0.4, -0.2) is 40.8 Å². The number of aromatic nitrogens is 2. The summed E-state index contributed by atoms with van der Waals surface area (Å²) in [5.74, 6) is -0.608. The average Bonchev–Trinajstić information content (AvgIpc) is 2.49. The maximum Gasteiger partial charge on any atom is 0.338 e. The van der Waals surface area contributed by atoms with E-state index in [0.29, 0.717) is 6.54 Å². The minimum absolute atomic E-state index is 0.0662. The van der Waals surface area contributed by atoms with Gasteiger partial charge in [0.1, 0.15) is 0 Å². The number of sulfone groups is 1. The first-order valence-corrected chi connectivity index (χ1v) is 6.24. The van der Waals surface area contributed by atoms with Gasteiger partial charge in [-0.05, 0) is 0 Å². The van der Waals surface area contributed by atoms with Gasteiger partial charge in [-0.1, -0.05) is 0 Å². The van der Waals surface area contributed by atoms with Gasteiger partial charge in [0.25, 0.3) is 0 Å². The predicted octanol–water partition coefficient (Wildman–Crippen LogP) is -0.374. The van der Waals surface area contributed by atoms with Crippen molar-refractivity contribution in [2.24, 2.45) is 5.92 Å². The molecule has 1 fully saturated rings. The van der Waals surface area contributed by atoms with Crippen LogP contribution in [0.4, 0.5) is 0 Å². The molecule has 2 heterocycles. The Kier molecular flexibility index (Phi) is 2.26. The molecule has 1 aliphatic rings. The van der Waals surface area contributed by atoms with Gasteiger partial charge in [0, 0.05) is 18.7 Å². The van der Waals surface area contributed by atoms with Gasteiger partial charge in [0.2, 0.25) is 0 Å². The van der Waals surface area contributed by atoms with Crippen LogP contribution in [0.1, 0.15) is 10.4 Å². The molecule has 0 aromatic carbocycles. The topological polar surface area (TPSA) is 89.3 Å². The molecular formula is C8H10N2O4S. The molecule has 1 aromatic heterocycles. The summed E-state index contributed by atoms with van der Waals surface area (Å²) in [5.41, 5.74) is 0.122. The maximum absolute atomic E-state index is 10.9. The summed E-state index contributed by atoms with van der Waals surface area (Å²) in [6, 6.07) is 0. The van der Waals surface area contributed by atoms with E-state index in [1.54, 1.807) is 0 Å². The Morgan fingerprint density at radius 2 is 2.27 bits per heavy atom. The third-order valence-electron chi connectivity index (χ3n) is 2.30. The summed E-state index contributed by atoms with van der Waals surface area (Å²) in [4.78, 5) is 10.5. The summed E-state index contributed by atoms with van der Waals surface area (Å²) < 4.78 is 23.2. The van der Waals surface area contributed by atoms with E-state index in [1.165, 1.54) is 17.1 Å². The van der Waals surface area contributed by atoms with Crippen molar-refractivity contribution in [3.05, 3.63) is 18.0 Å². The van der Waals surface area contributed by atoms with Crippen LogP contribution in [0.15, 0.2) is 12.4 Å². The lowest BCUT2D eigenvalue weighted by Crippen LogP contribution is -2.38. The second-order valence-electron chi connectivity index (χ2n) is 3.70. The predicted molar refractivity (Wildman–Crippen MR) is 51.3 cm³/mol. The fourth-order valence-corrected chi connectivity index (χ4v) is 3.16. The summed E-state index contributed by atoms with van der Waals surface area (Å²) in [6.07, 6.45) is 2.67. The first-order valence-electron chi connectivity index (χ1n) is 4.42. The lowest BCUT2D eigenvalue weighted by molar-refractivity contribution is 0.0696. The monoisotopic (exact) mass is 230 g/mol. The molecular weight excluding hydrogens is 220 g/mol. The molecule has 6 nitrogen and oxygen atoms in total. The van der Waals surface area contributed by atoms with Crippen LogP contribution in [0.3, 0.4) is 0 Å². The average molecular weight is 230 g/mol. The quantitative estimate of drug-likeness (QED) is 0.765. The molecule has 0 aliphatic carbocycles. The van der Waals surface area contributed by atoms with Crippen molar-refractivity contribution in [1.29, 1.82) is 0 Å². The van der Waals surface area contributed by atoms with Crippen LogP contribution < -0.4 is 0 Å². The molecule has 1 aromatic rings. The second-order valence-corrected chi connectivity index (χ2v) is 5.85. The van der Waals surface area contributed by atoms with Crippen molar-refractivity contribution in [2.75, 3.05) is 11.5 Å². The molecule has 15 heavy (non-hydrogen) atoms. The minimum atomic E-state index is -2.82. The van der Waals surface area contributed by atoms with Gasteiger partial charge in [-0.2, -0.15) is 5.10 Å². The largest absolute Gasteiger partial charge is 0.478 e. The molecule has 1 saturated heterocycles. The molecule has 82 valence electrons. The standard InChI is InChI=1S/C8H10N2O4S/c11-8(12)7-1-9-10(3-7)2-6-4-15(13,14)5-6/h1,3,6H,2,4-5H2,(H,11,12). The number of nitrogens with zero attached hydrogens (tertiary/aromatic N) is 2. The van der Waals surface area contributed by atoms with Crippen LogP contribution >= 0.6 is 0 Å². The highest BCUT2D eigenvalue weighted by atomic mass is 32.2. The minimum Gasteiger partial charge on any atom is -0.478 e. The number of carbonyl (C=O) groups is 1. The van der Waals surface area contributed by atoms with E-state index >= 15 is 0 Å². The van der Waals surface area contributed by atoms with E-state index in [1.807, 2.05) is 0 Å². The lowest BCUT2D eigenvalue weighted by atomic mass is 10.2. The van der Waals surface area contributed by atoms with Gasteiger partial charge in [-0.25, -0.2) is 13.2 Å². The highest BCUT2D eigenvalue weighted by Gasteiger charge is 2.33. The molecule has 1 aliphatic heterocycles. The number of rotatable bonds is 3. The SMILES string of the molecule is O=C(O)c1cnn(CC2CS(=O)(=O)C2)c1. The zero-order chi connectivity index (χ0) is 11.1. The fraction of sp³-hybridized carbons (Fsp3) is 0.500. The molecule has 2 rings (SSSR count). The van der Waals surface area contributed by atoms with Crippen LogP contribution in [0.2, 0.25) is 0 Å². The van der Waals surface area contributed by atoms with Crippen molar-refractivity contribution >= 4 is 15.8 Å². The normalized spacial score (nSPS) is 19.7. The Morgan fingerprint density at radius 1 is 1.60 bits per heavy atom. The Hall–Kier alpha value is -1.37. The molecule has 7 heteroatoms. The zero-order valence-electron chi connectivity index (χ0n) is 7.83. The van der Waals surface area contributed by atoms with Crippen molar-refractivity contribution in [3.63, 3.8) is 0 Å². The third kappa shape index (κ3) is 2.17. The van der Waals surface area contributed by atoms with Gasteiger partial charge >= 0.3 is 5.97 Å². The molecule has 0 saturated carbocycles. The Bertz CT molecular complexity index is 478. The summed E-state index contributed by atoms with van der Waals surface area (Å²) in [5, 5.41) is 12.5. The highest BCUT2D eigenvalue weighted by molar-refractivity contribution is 7.92. The zero-order valence-corrected chi connectivity index (χ0v) is 8.64. The van der Waals surface area contributed by atoms with E-state index in [-0.39, 0.29) is 23.0 Å². The van der Waals surface area contributed by atoms with Gasteiger partial charge in [-0.15, -0.1) is 0 Å². The number of aromatic carboxylic acids is 1. The van der Waals surface area contributed by atoms with E-state index in [9.17, 15) is 13.2 Å². The van der Waals surface area contributed by atoms with Crippen molar-refractivity contribution in [2.45, 2.75) is 6.54 Å². The number of hydrogen-bond acceptors (Lipinski definition) is 4. The molecule has 0 unspecified atom stereocenters. The Morgan fingerprint density at radius 3 is 2.73 bits per heavy atom. The van der Waals surface area contributed by atoms with Gasteiger partial charge in [0.15, 0.2) is 9.84 Å². The van der Waals surface area contributed by atoms with E-state index < -0.39 is 15.8 Å². The van der Waals surface area contributed by atoms with Crippen LogP contribution in [0, 0.1) is 5.92 Å². The highest BCUT2D eigenvalue weighted by Crippen LogP contribution is 2.19. The van der Waals surface area contributed by atoms with Crippen molar-refractivity contribution in [3.8, 4) is 0 Å². The van der Waals surface area contributed by atoms with Crippen LogP contribution in [-0.2, 0) is 16.4 Å². The number of carboxylic acids is 1. The van der Waals surface area contributed by atoms with Crippen LogP contribution in [0.25, 0.3) is 0 Å². The Labute approximate surface area is 86.4 Å². The van der Waals surface area contributed by atoms with Crippen LogP contribution in [0.5, 0.6) is 0 Å². The van der Waals surface area contributed by atoms with Crippen molar-refractivity contribution < 1.29 is 18.3 Å². The summed E-state index contributed by atoms with van der Waals surface area (Å²) >= 11 is 0. The second kappa shape index (κ2) is 3.34. The molecule has 0 bridgehead atoms. The van der Waals surface area contributed by atoms with Gasteiger partial charge in [-0.3, -0.25) is 4.68 Å². The first-order chi connectivity index (χ1) is 6.96. The first kappa shape index (κ1) is 10.2. The smallest absolute Gasteiger partial charge is 0.338 e. The summed E-state index contributed by atoms with van der Waals surface area (Å²) in [7, 11) is -2.82. The van der Waals surface area contributed by atoms with E-state index in [2.05, 4.69) is 5.10 Å².